The average molecular weight is 214 g/mol. The molecule has 1 saturated heterocycles. The minimum atomic E-state index is 0.0732. The number of carbonyl (C=O) groups is 1. The quantitative estimate of drug-likeness (QED) is 0.682. The lowest BCUT2D eigenvalue weighted by Crippen LogP contribution is -2.42. The average Bonchev–Trinajstić information content (AvgIpc) is 2.58. The van der Waals surface area contributed by atoms with E-state index in [9.17, 15) is 4.79 Å². The van der Waals surface area contributed by atoms with Crippen molar-refractivity contribution in [3.8, 4) is 0 Å². The monoisotopic (exact) mass is 214 g/mol. The topological polar surface area (TPSA) is 41.6 Å². The molecule has 1 aliphatic rings. The Labute approximate surface area is 92.0 Å². The first kappa shape index (κ1) is 12.5. The van der Waals surface area contributed by atoms with Gasteiger partial charge in [0.05, 0.1) is 18.8 Å². The van der Waals surface area contributed by atoms with Crippen molar-refractivity contribution in [2.45, 2.75) is 38.8 Å². The smallest absolute Gasteiger partial charge is 0.237 e. The van der Waals surface area contributed by atoms with Crippen LogP contribution in [0.5, 0.6) is 0 Å². The molecule has 0 aromatic heterocycles. The van der Waals surface area contributed by atoms with Crippen LogP contribution >= 0.6 is 0 Å². The highest BCUT2D eigenvalue weighted by Crippen LogP contribution is 2.14. The molecule has 4 nitrogen and oxygen atoms in total. The zero-order valence-corrected chi connectivity index (χ0v) is 9.95. The van der Waals surface area contributed by atoms with E-state index >= 15 is 0 Å². The summed E-state index contributed by atoms with van der Waals surface area (Å²) >= 11 is 0. The number of likely N-dealkylation sites (N-methyl/N-ethyl adjacent to an activating group) is 1. The summed E-state index contributed by atoms with van der Waals surface area (Å²) < 4.78 is 5.35. The van der Waals surface area contributed by atoms with E-state index in [1.807, 2.05) is 20.9 Å². The maximum Gasteiger partial charge on any atom is 0.237 e. The highest BCUT2D eigenvalue weighted by atomic mass is 16.5. The molecule has 1 aliphatic heterocycles. The molecule has 1 heterocycles. The maximum atomic E-state index is 11.7. The predicted molar refractivity (Wildman–Crippen MR) is 59.7 cm³/mol. The van der Waals surface area contributed by atoms with Crippen molar-refractivity contribution in [1.82, 2.24) is 10.2 Å². The maximum absolute atomic E-state index is 11.7. The zero-order valence-electron chi connectivity index (χ0n) is 9.95. The summed E-state index contributed by atoms with van der Waals surface area (Å²) in [6, 6.07) is 0.0732. The van der Waals surface area contributed by atoms with Gasteiger partial charge in [-0.05, 0) is 40.3 Å². The van der Waals surface area contributed by atoms with Gasteiger partial charge in [-0.3, -0.25) is 9.69 Å². The van der Waals surface area contributed by atoms with Gasteiger partial charge in [-0.2, -0.15) is 0 Å². The Balaban J connectivity index is 2.13. The number of carbonyl (C=O) groups excluding carboxylic acids is 1. The summed E-state index contributed by atoms with van der Waals surface area (Å²) in [7, 11) is 2.00. The van der Waals surface area contributed by atoms with Gasteiger partial charge in [0.25, 0.3) is 0 Å². The molecule has 0 bridgehead atoms. The molecular formula is C11H22N2O2. The largest absolute Gasteiger partial charge is 0.377 e. The molecule has 0 aromatic carbocycles. The highest BCUT2D eigenvalue weighted by molar-refractivity contribution is 5.81. The fourth-order valence-electron chi connectivity index (χ4n) is 1.83. The van der Waals surface area contributed by atoms with Gasteiger partial charge in [0.1, 0.15) is 0 Å². The Morgan fingerprint density at radius 2 is 2.33 bits per heavy atom. The van der Waals surface area contributed by atoms with Crippen molar-refractivity contribution in [3.05, 3.63) is 0 Å². The van der Waals surface area contributed by atoms with Crippen molar-refractivity contribution in [3.63, 3.8) is 0 Å². The van der Waals surface area contributed by atoms with E-state index in [0.29, 0.717) is 13.2 Å². The van der Waals surface area contributed by atoms with E-state index < -0.39 is 0 Å². The predicted octanol–water partition coefficient (Wildman–Crippen LogP) is 0.622. The van der Waals surface area contributed by atoms with Crippen LogP contribution in [0.25, 0.3) is 0 Å². The molecule has 0 spiro atoms. The summed E-state index contributed by atoms with van der Waals surface area (Å²) in [5, 5.41) is 2.90. The molecule has 1 amide bonds. The number of likely N-dealkylation sites (tertiary alicyclic amines) is 1. The van der Waals surface area contributed by atoms with Gasteiger partial charge < -0.3 is 10.1 Å². The fourth-order valence-corrected chi connectivity index (χ4v) is 1.83. The first-order chi connectivity index (χ1) is 7.11. The summed E-state index contributed by atoms with van der Waals surface area (Å²) in [6.07, 6.45) is 2.33. The minimum absolute atomic E-state index is 0.0732. The van der Waals surface area contributed by atoms with Crippen molar-refractivity contribution in [2.75, 3.05) is 26.7 Å². The van der Waals surface area contributed by atoms with Gasteiger partial charge in [-0.1, -0.05) is 0 Å². The molecule has 4 heteroatoms. The van der Waals surface area contributed by atoms with Crippen LogP contribution in [0.1, 0.15) is 26.7 Å². The number of hydrogen-bond donors (Lipinski definition) is 1. The Kier molecular flexibility index (Phi) is 5.05. The lowest BCUT2D eigenvalue weighted by Gasteiger charge is -2.18. The molecule has 88 valence electrons. The highest BCUT2D eigenvalue weighted by Gasteiger charge is 2.27. The van der Waals surface area contributed by atoms with Crippen LogP contribution in [0.15, 0.2) is 0 Å². The van der Waals surface area contributed by atoms with Crippen molar-refractivity contribution >= 4 is 5.91 Å². The van der Waals surface area contributed by atoms with Crippen LogP contribution < -0.4 is 5.32 Å². The van der Waals surface area contributed by atoms with E-state index in [1.165, 1.54) is 0 Å². The zero-order chi connectivity index (χ0) is 11.3. The molecular weight excluding hydrogens is 192 g/mol. The second-order valence-corrected chi connectivity index (χ2v) is 4.35. The summed E-state index contributed by atoms with van der Waals surface area (Å²) in [6.45, 7) is 6.22. The van der Waals surface area contributed by atoms with Gasteiger partial charge >= 0.3 is 0 Å². The molecule has 1 unspecified atom stereocenters. The van der Waals surface area contributed by atoms with E-state index in [1.54, 1.807) is 0 Å². The molecule has 0 radical (unpaired) electrons. The lowest BCUT2D eigenvalue weighted by atomic mass is 10.2. The third kappa shape index (κ3) is 4.18. The van der Waals surface area contributed by atoms with Gasteiger partial charge in [-0.15, -0.1) is 0 Å². The van der Waals surface area contributed by atoms with Crippen molar-refractivity contribution in [2.24, 2.45) is 0 Å². The van der Waals surface area contributed by atoms with Gasteiger partial charge in [-0.25, -0.2) is 0 Å². The van der Waals surface area contributed by atoms with Crippen LogP contribution in [-0.2, 0) is 9.53 Å². The number of hydrogen-bond acceptors (Lipinski definition) is 3. The molecule has 1 atom stereocenters. The van der Waals surface area contributed by atoms with Crippen LogP contribution in [0.3, 0.4) is 0 Å². The molecule has 0 aliphatic carbocycles. The Morgan fingerprint density at radius 3 is 2.87 bits per heavy atom. The third-order valence-corrected chi connectivity index (χ3v) is 2.68. The molecule has 15 heavy (non-hydrogen) atoms. The molecule has 0 aromatic rings. The van der Waals surface area contributed by atoms with E-state index in [-0.39, 0.29) is 18.1 Å². The molecule has 0 saturated carbocycles. The van der Waals surface area contributed by atoms with E-state index in [2.05, 4.69) is 10.2 Å². The molecule has 1 fully saturated rings. The first-order valence-corrected chi connectivity index (χ1v) is 5.71. The van der Waals surface area contributed by atoms with E-state index in [0.717, 1.165) is 19.4 Å². The summed E-state index contributed by atoms with van der Waals surface area (Å²) in [5.74, 6) is 0.141. The second-order valence-electron chi connectivity index (χ2n) is 4.35. The Bertz CT molecular complexity index is 207. The van der Waals surface area contributed by atoms with Crippen LogP contribution in [0.4, 0.5) is 0 Å². The van der Waals surface area contributed by atoms with Crippen molar-refractivity contribution < 1.29 is 9.53 Å². The normalized spacial score (nSPS) is 22.3. The first-order valence-electron chi connectivity index (χ1n) is 5.71. The van der Waals surface area contributed by atoms with Crippen LogP contribution in [0.2, 0.25) is 0 Å². The lowest BCUT2D eigenvalue weighted by molar-refractivity contribution is -0.125. The number of nitrogens with one attached hydrogen (secondary N) is 1. The van der Waals surface area contributed by atoms with Gasteiger partial charge in [0, 0.05) is 6.54 Å². The third-order valence-electron chi connectivity index (χ3n) is 2.68. The molecule has 1 N–H and O–H groups in total. The molecule has 1 rings (SSSR count). The SMILES string of the molecule is CC(C)OCCNC(=O)C1CCCN1C. The van der Waals surface area contributed by atoms with Gasteiger partial charge in [0.2, 0.25) is 5.91 Å². The van der Waals surface area contributed by atoms with Gasteiger partial charge in [0.15, 0.2) is 0 Å². The van der Waals surface area contributed by atoms with E-state index in [4.69, 9.17) is 4.74 Å². The number of amides is 1. The summed E-state index contributed by atoms with van der Waals surface area (Å²) in [5.41, 5.74) is 0. The second kappa shape index (κ2) is 6.08. The minimum Gasteiger partial charge on any atom is -0.377 e. The van der Waals surface area contributed by atoms with Crippen LogP contribution in [-0.4, -0.2) is 49.7 Å². The number of nitrogens with zero attached hydrogens (tertiary/aromatic N) is 1. The summed E-state index contributed by atoms with van der Waals surface area (Å²) in [4.78, 5) is 13.8. The standard InChI is InChI=1S/C11H22N2O2/c1-9(2)15-8-6-12-11(14)10-5-4-7-13(10)3/h9-10H,4-8H2,1-3H3,(H,12,14). The Hall–Kier alpha value is -0.610. The fraction of sp³-hybridized carbons (Fsp3) is 0.909. The Morgan fingerprint density at radius 1 is 1.60 bits per heavy atom. The number of ether oxygens (including phenoxy) is 1. The van der Waals surface area contributed by atoms with Crippen molar-refractivity contribution in [1.29, 1.82) is 0 Å². The van der Waals surface area contributed by atoms with Crippen LogP contribution in [0, 0.1) is 0 Å². The number of rotatable bonds is 5.